The molecule has 0 aliphatic heterocycles. The van der Waals surface area contributed by atoms with Crippen molar-refractivity contribution in [2.45, 2.75) is 0 Å². The van der Waals surface area contributed by atoms with Crippen LogP contribution < -0.4 is 0 Å². The SMILES string of the molecule is ON=C(Cl)c1cc(F)cc(Br)c1F. The molecular formula is C7H3BrClF2NO. The van der Waals surface area contributed by atoms with E-state index in [0.29, 0.717) is 0 Å². The van der Waals surface area contributed by atoms with Gasteiger partial charge in [0, 0.05) is 0 Å². The van der Waals surface area contributed by atoms with Crippen molar-refractivity contribution in [1.82, 2.24) is 0 Å². The molecule has 0 saturated carbocycles. The zero-order chi connectivity index (χ0) is 10.0. The van der Waals surface area contributed by atoms with Gasteiger partial charge in [0.15, 0.2) is 5.17 Å². The molecule has 70 valence electrons. The van der Waals surface area contributed by atoms with E-state index in [1.54, 1.807) is 0 Å². The van der Waals surface area contributed by atoms with Crippen LogP contribution in [0, 0.1) is 11.6 Å². The van der Waals surface area contributed by atoms with Gasteiger partial charge in [0.05, 0.1) is 10.0 Å². The van der Waals surface area contributed by atoms with E-state index in [-0.39, 0.29) is 10.0 Å². The molecule has 2 nitrogen and oxygen atoms in total. The van der Waals surface area contributed by atoms with E-state index >= 15 is 0 Å². The van der Waals surface area contributed by atoms with Crippen molar-refractivity contribution in [3.8, 4) is 0 Å². The van der Waals surface area contributed by atoms with Gasteiger partial charge in [-0.3, -0.25) is 0 Å². The van der Waals surface area contributed by atoms with Crippen molar-refractivity contribution < 1.29 is 14.0 Å². The predicted octanol–water partition coefficient (Wildman–Crippen LogP) is 3.10. The Labute approximate surface area is 85.9 Å². The summed E-state index contributed by atoms with van der Waals surface area (Å²) >= 11 is 8.10. The second-order valence-electron chi connectivity index (χ2n) is 2.14. The molecule has 0 spiro atoms. The Hall–Kier alpha value is -0.680. The summed E-state index contributed by atoms with van der Waals surface area (Å²) in [5.74, 6) is -1.45. The molecule has 1 rings (SSSR count). The van der Waals surface area contributed by atoms with E-state index < -0.39 is 16.8 Å². The number of rotatable bonds is 1. The smallest absolute Gasteiger partial charge is 0.178 e. The highest BCUT2D eigenvalue weighted by atomic mass is 79.9. The number of hydrogen-bond donors (Lipinski definition) is 1. The summed E-state index contributed by atoms with van der Waals surface area (Å²) in [5.41, 5.74) is -0.295. The summed E-state index contributed by atoms with van der Waals surface area (Å²) in [6.07, 6.45) is 0. The van der Waals surface area contributed by atoms with Gasteiger partial charge in [-0.05, 0) is 28.1 Å². The molecule has 0 aromatic heterocycles. The Morgan fingerprint density at radius 2 is 2.08 bits per heavy atom. The molecule has 1 aromatic carbocycles. The van der Waals surface area contributed by atoms with E-state index in [0.717, 1.165) is 12.1 Å². The first-order chi connectivity index (χ1) is 6.06. The van der Waals surface area contributed by atoms with E-state index in [9.17, 15) is 8.78 Å². The Balaban J connectivity index is 3.37. The van der Waals surface area contributed by atoms with Crippen molar-refractivity contribution in [1.29, 1.82) is 0 Å². The lowest BCUT2D eigenvalue weighted by Gasteiger charge is -2.01. The maximum Gasteiger partial charge on any atom is 0.178 e. The van der Waals surface area contributed by atoms with E-state index in [1.807, 2.05) is 0 Å². The normalized spacial score (nSPS) is 11.8. The van der Waals surface area contributed by atoms with Crippen molar-refractivity contribution in [2.24, 2.45) is 5.16 Å². The second kappa shape index (κ2) is 4.02. The maximum absolute atomic E-state index is 13.1. The molecule has 0 radical (unpaired) electrons. The minimum absolute atomic E-state index is 0.0794. The van der Waals surface area contributed by atoms with Crippen LogP contribution in [0.25, 0.3) is 0 Å². The van der Waals surface area contributed by atoms with Gasteiger partial charge in [0.2, 0.25) is 0 Å². The molecule has 13 heavy (non-hydrogen) atoms. The summed E-state index contributed by atoms with van der Waals surface area (Å²) in [4.78, 5) is 0. The molecule has 0 heterocycles. The number of oxime groups is 1. The predicted molar refractivity (Wildman–Crippen MR) is 48.2 cm³/mol. The number of halogens is 4. The molecule has 0 unspecified atom stereocenters. The molecule has 0 aliphatic rings. The first kappa shape index (κ1) is 10.4. The van der Waals surface area contributed by atoms with Crippen LogP contribution in [0.3, 0.4) is 0 Å². The summed E-state index contributed by atoms with van der Waals surface area (Å²) in [6, 6.07) is 1.78. The molecule has 0 atom stereocenters. The lowest BCUT2D eigenvalue weighted by Crippen LogP contribution is -1.98. The molecular weight excluding hydrogens is 267 g/mol. The Morgan fingerprint density at radius 3 is 2.62 bits per heavy atom. The minimum atomic E-state index is -0.774. The molecule has 1 N–H and O–H groups in total. The highest BCUT2D eigenvalue weighted by Gasteiger charge is 2.13. The standard InChI is InChI=1S/C7H3BrClF2NO/c8-5-2-3(10)1-4(6(5)11)7(9)12-13/h1-2,13H. The third-order valence-corrected chi connectivity index (χ3v) is 2.16. The van der Waals surface area contributed by atoms with Crippen LogP contribution in [0.1, 0.15) is 5.56 Å². The van der Waals surface area contributed by atoms with Crippen molar-refractivity contribution in [3.63, 3.8) is 0 Å². The first-order valence-corrected chi connectivity index (χ1v) is 4.26. The zero-order valence-corrected chi connectivity index (χ0v) is 8.40. The van der Waals surface area contributed by atoms with Gasteiger partial charge < -0.3 is 5.21 Å². The molecule has 0 saturated heterocycles. The minimum Gasteiger partial charge on any atom is -0.410 e. The highest BCUT2D eigenvalue weighted by molar-refractivity contribution is 9.10. The van der Waals surface area contributed by atoms with Crippen LogP contribution in [-0.4, -0.2) is 10.4 Å². The van der Waals surface area contributed by atoms with Crippen molar-refractivity contribution >= 4 is 32.7 Å². The highest BCUT2D eigenvalue weighted by Crippen LogP contribution is 2.22. The molecule has 0 amide bonds. The lowest BCUT2D eigenvalue weighted by molar-refractivity contribution is 0.320. The molecule has 0 fully saturated rings. The van der Waals surface area contributed by atoms with Crippen molar-refractivity contribution in [2.75, 3.05) is 0 Å². The van der Waals surface area contributed by atoms with Gasteiger partial charge in [0.1, 0.15) is 11.6 Å². The van der Waals surface area contributed by atoms with Crippen LogP contribution in [-0.2, 0) is 0 Å². The number of nitrogens with zero attached hydrogens (tertiary/aromatic N) is 1. The van der Waals surface area contributed by atoms with Crippen LogP contribution in [0.2, 0.25) is 0 Å². The largest absolute Gasteiger partial charge is 0.410 e. The molecule has 0 bridgehead atoms. The van der Waals surface area contributed by atoms with Crippen LogP contribution >= 0.6 is 27.5 Å². The van der Waals surface area contributed by atoms with Crippen LogP contribution in [0.15, 0.2) is 21.8 Å². The van der Waals surface area contributed by atoms with Gasteiger partial charge in [-0.25, -0.2) is 8.78 Å². The topological polar surface area (TPSA) is 32.6 Å². The average molecular weight is 270 g/mol. The quantitative estimate of drug-likeness (QED) is 0.362. The Morgan fingerprint density at radius 1 is 1.46 bits per heavy atom. The van der Waals surface area contributed by atoms with Crippen molar-refractivity contribution in [3.05, 3.63) is 33.8 Å². The van der Waals surface area contributed by atoms with Crippen LogP contribution in [0.4, 0.5) is 8.78 Å². The number of hydrogen-bond acceptors (Lipinski definition) is 2. The fraction of sp³-hybridized carbons (Fsp3) is 0. The monoisotopic (exact) mass is 269 g/mol. The molecule has 1 aromatic rings. The average Bonchev–Trinajstić information content (AvgIpc) is 2.10. The summed E-state index contributed by atoms with van der Waals surface area (Å²) < 4.78 is 25.8. The Kier molecular flexibility index (Phi) is 3.22. The van der Waals surface area contributed by atoms with E-state index in [2.05, 4.69) is 21.1 Å². The van der Waals surface area contributed by atoms with Gasteiger partial charge in [-0.1, -0.05) is 16.8 Å². The van der Waals surface area contributed by atoms with E-state index in [4.69, 9.17) is 16.8 Å². The maximum atomic E-state index is 13.1. The van der Waals surface area contributed by atoms with Gasteiger partial charge >= 0.3 is 0 Å². The van der Waals surface area contributed by atoms with Crippen LogP contribution in [0.5, 0.6) is 0 Å². The third-order valence-electron chi connectivity index (χ3n) is 1.30. The van der Waals surface area contributed by atoms with Gasteiger partial charge in [-0.2, -0.15) is 0 Å². The van der Waals surface area contributed by atoms with E-state index in [1.165, 1.54) is 0 Å². The summed E-state index contributed by atoms with van der Waals surface area (Å²) in [5, 5.41) is 10.3. The van der Waals surface area contributed by atoms with Gasteiger partial charge in [-0.15, -0.1) is 0 Å². The summed E-state index contributed by atoms with van der Waals surface area (Å²) in [7, 11) is 0. The third kappa shape index (κ3) is 2.16. The lowest BCUT2D eigenvalue weighted by atomic mass is 10.2. The molecule has 6 heteroatoms. The fourth-order valence-corrected chi connectivity index (χ4v) is 1.33. The zero-order valence-electron chi connectivity index (χ0n) is 6.06. The second-order valence-corrected chi connectivity index (χ2v) is 3.35. The van der Waals surface area contributed by atoms with Gasteiger partial charge in [0.25, 0.3) is 0 Å². The fourth-order valence-electron chi connectivity index (χ4n) is 0.760. The number of benzene rings is 1. The molecule has 0 aliphatic carbocycles. The first-order valence-electron chi connectivity index (χ1n) is 3.08. The Bertz CT molecular complexity index is 370. The summed E-state index contributed by atoms with van der Waals surface area (Å²) in [6.45, 7) is 0.